The second kappa shape index (κ2) is 140. The van der Waals surface area contributed by atoms with Gasteiger partial charge in [-0.3, -0.25) is 0 Å². The van der Waals surface area contributed by atoms with Gasteiger partial charge in [-0.1, -0.05) is 0 Å². The van der Waals surface area contributed by atoms with Crippen molar-refractivity contribution in [3.8, 4) is 0 Å². The van der Waals surface area contributed by atoms with Crippen LogP contribution < -0.4 is 0 Å². The SMILES string of the molecule is [O-2].[O-2].[O-2].[O-2].[Ru+3].[V+5]. The predicted molar refractivity (Wildman–Crippen MR) is 2.75 cm³/mol. The molecule has 6 heavy (non-hydrogen) atoms. The smallest absolute Gasteiger partial charge is 2.00 e. The second-order valence-corrected chi connectivity index (χ2v) is 0. The van der Waals surface area contributed by atoms with E-state index in [-0.39, 0.29) is 59.9 Å². The van der Waals surface area contributed by atoms with Crippen LogP contribution in [0.25, 0.3) is 0 Å². The molecule has 0 atom stereocenters. The van der Waals surface area contributed by atoms with Crippen LogP contribution in [0.5, 0.6) is 0 Å². The van der Waals surface area contributed by atoms with Gasteiger partial charge in [0.15, 0.2) is 0 Å². The van der Waals surface area contributed by atoms with Crippen LogP contribution in [0.3, 0.4) is 0 Å². The largest absolute Gasteiger partial charge is 5.00 e. The molecule has 0 fully saturated rings. The minimum atomic E-state index is 0. The van der Waals surface area contributed by atoms with Gasteiger partial charge in [0.1, 0.15) is 0 Å². The van der Waals surface area contributed by atoms with Gasteiger partial charge >= 0.3 is 38.0 Å². The quantitative estimate of drug-likeness (QED) is 0.486. The summed E-state index contributed by atoms with van der Waals surface area (Å²) in [7, 11) is 0. The molecule has 0 rings (SSSR count). The van der Waals surface area contributed by atoms with Crippen LogP contribution in [0.4, 0.5) is 0 Å². The molecule has 1 radical (unpaired) electrons. The van der Waals surface area contributed by atoms with Gasteiger partial charge < -0.3 is 21.9 Å². The zero-order valence-corrected chi connectivity index (χ0v) is 5.57. The Hall–Kier alpha value is 1.05. The van der Waals surface area contributed by atoms with E-state index in [1.807, 2.05) is 0 Å². The fourth-order valence-electron chi connectivity index (χ4n) is 0. The predicted octanol–water partition coefficient (Wildman–Crippen LogP) is -0.480. The van der Waals surface area contributed by atoms with Crippen LogP contribution in [-0.4, -0.2) is 0 Å². The van der Waals surface area contributed by atoms with Crippen LogP contribution in [-0.2, 0) is 59.9 Å². The minimum Gasteiger partial charge on any atom is -2.00 e. The summed E-state index contributed by atoms with van der Waals surface area (Å²) in [6, 6.07) is 0. The van der Waals surface area contributed by atoms with E-state index in [2.05, 4.69) is 0 Å². The summed E-state index contributed by atoms with van der Waals surface area (Å²) >= 11 is 0. The maximum atomic E-state index is 0. The van der Waals surface area contributed by atoms with Crippen molar-refractivity contribution in [3.63, 3.8) is 0 Å². The van der Waals surface area contributed by atoms with Crippen LogP contribution >= 0.6 is 0 Å². The van der Waals surface area contributed by atoms with Crippen molar-refractivity contribution in [1.29, 1.82) is 0 Å². The summed E-state index contributed by atoms with van der Waals surface area (Å²) in [4.78, 5) is 0. The summed E-state index contributed by atoms with van der Waals surface area (Å²) in [6.07, 6.45) is 0. The molecule has 37 valence electrons. The molecule has 4 nitrogen and oxygen atoms in total. The van der Waals surface area contributed by atoms with Crippen LogP contribution in [0.15, 0.2) is 0 Å². The molecule has 0 aromatic heterocycles. The van der Waals surface area contributed by atoms with Crippen molar-refractivity contribution in [2.75, 3.05) is 0 Å². The summed E-state index contributed by atoms with van der Waals surface area (Å²) in [5, 5.41) is 0. The normalized spacial score (nSPS) is 0. The Morgan fingerprint density at radius 1 is 0.500 bits per heavy atom. The molecular formula is O4RuV. The monoisotopic (exact) mass is 217 g/mol. The fourth-order valence-corrected chi connectivity index (χ4v) is 0. The van der Waals surface area contributed by atoms with Crippen LogP contribution in [0, 0.1) is 0 Å². The Morgan fingerprint density at radius 2 is 0.500 bits per heavy atom. The Balaban J connectivity index is 0. The minimum absolute atomic E-state index is 0. The van der Waals surface area contributed by atoms with Crippen molar-refractivity contribution < 1.29 is 59.9 Å². The summed E-state index contributed by atoms with van der Waals surface area (Å²) < 4.78 is 0. The molecule has 0 amide bonds. The first kappa shape index (κ1) is 235. The fraction of sp³-hybridized carbons (Fsp3) is 0. The van der Waals surface area contributed by atoms with Gasteiger partial charge in [-0.05, 0) is 0 Å². The van der Waals surface area contributed by atoms with E-state index in [1.165, 1.54) is 0 Å². The first-order valence-corrected chi connectivity index (χ1v) is 0. The van der Waals surface area contributed by atoms with E-state index >= 15 is 0 Å². The summed E-state index contributed by atoms with van der Waals surface area (Å²) in [6.45, 7) is 0. The van der Waals surface area contributed by atoms with Gasteiger partial charge in [0.25, 0.3) is 0 Å². The molecule has 0 bridgehead atoms. The van der Waals surface area contributed by atoms with Gasteiger partial charge in [-0.15, -0.1) is 0 Å². The topological polar surface area (TPSA) is 114 Å². The van der Waals surface area contributed by atoms with E-state index in [0.29, 0.717) is 0 Å². The Bertz CT molecular complexity index is 7.51. The zero-order chi connectivity index (χ0) is 0. The van der Waals surface area contributed by atoms with Crippen molar-refractivity contribution in [3.05, 3.63) is 0 Å². The molecule has 0 aliphatic rings. The molecule has 0 N–H and O–H groups in total. The Labute approximate surface area is 60.2 Å². The molecule has 0 unspecified atom stereocenters. The summed E-state index contributed by atoms with van der Waals surface area (Å²) in [5.74, 6) is 0. The molecule has 0 aliphatic heterocycles. The van der Waals surface area contributed by atoms with Gasteiger partial charge in [0.2, 0.25) is 0 Å². The van der Waals surface area contributed by atoms with Crippen LogP contribution in [0.2, 0.25) is 0 Å². The third-order valence-corrected chi connectivity index (χ3v) is 0. The van der Waals surface area contributed by atoms with Gasteiger partial charge in [-0.2, -0.15) is 0 Å². The summed E-state index contributed by atoms with van der Waals surface area (Å²) in [5.41, 5.74) is 0. The molecule has 0 spiro atoms. The Kier molecular flexibility index (Phi) is 5490. The zero-order valence-electron chi connectivity index (χ0n) is 2.43. The average molecular weight is 216 g/mol. The molecular weight excluding hydrogens is 216 g/mol. The molecule has 0 saturated heterocycles. The average Bonchev–Trinajstić information content (AvgIpc) is 0. The Morgan fingerprint density at radius 3 is 0.500 bits per heavy atom. The molecule has 6 heteroatoms. The molecule has 0 aliphatic carbocycles. The van der Waals surface area contributed by atoms with E-state index in [9.17, 15) is 0 Å². The van der Waals surface area contributed by atoms with Gasteiger partial charge in [0, 0.05) is 0 Å². The first-order valence-electron chi connectivity index (χ1n) is 0. The molecule has 0 aromatic rings. The molecule has 0 heterocycles. The maximum absolute atomic E-state index is 0. The third-order valence-electron chi connectivity index (χ3n) is 0. The number of hydrogen-bond donors (Lipinski definition) is 0. The van der Waals surface area contributed by atoms with E-state index < -0.39 is 0 Å². The third kappa shape index (κ3) is 75.3. The second-order valence-electron chi connectivity index (χ2n) is 0. The van der Waals surface area contributed by atoms with E-state index in [4.69, 9.17) is 0 Å². The molecule has 0 aromatic carbocycles. The maximum Gasteiger partial charge on any atom is 5.00 e. The van der Waals surface area contributed by atoms with Crippen molar-refractivity contribution in [2.45, 2.75) is 0 Å². The van der Waals surface area contributed by atoms with Gasteiger partial charge in [0.05, 0.1) is 0 Å². The van der Waals surface area contributed by atoms with Crippen molar-refractivity contribution >= 4 is 0 Å². The molecule has 0 saturated carbocycles. The van der Waals surface area contributed by atoms with E-state index in [0.717, 1.165) is 0 Å². The standard InChI is InChI=1S/4O.Ru.V/q4*-2;+3;+5. The first-order chi connectivity index (χ1) is 0. The van der Waals surface area contributed by atoms with Gasteiger partial charge in [-0.25, -0.2) is 0 Å². The van der Waals surface area contributed by atoms with E-state index in [1.54, 1.807) is 0 Å². The van der Waals surface area contributed by atoms with Crippen LogP contribution in [0.1, 0.15) is 0 Å². The van der Waals surface area contributed by atoms with Crippen molar-refractivity contribution in [1.82, 2.24) is 0 Å². The number of rotatable bonds is 0. The number of hydrogen-bond acceptors (Lipinski definition) is 0. The van der Waals surface area contributed by atoms with Crippen molar-refractivity contribution in [2.24, 2.45) is 0 Å².